The van der Waals surface area contributed by atoms with Crippen molar-refractivity contribution in [2.45, 2.75) is 19.0 Å². The van der Waals surface area contributed by atoms with Gasteiger partial charge in [-0.2, -0.15) is 0 Å². The highest BCUT2D eigenvalue weighted by atomic mass is 19.1. The van der Waals surface area contributed by atoms with Gasteiger partial charge in [0.1, 0.15) is 12.4 Å². The van der Waals surface area contributed by atoms with Crippen molar-refractivity contribution >= 4 is 23.5 Å². The summed E-state index contributed by atoms with van der Waals surface area (Å²) in [5.41, 5.74) is 1.63. The van der Waals surface area contributed by atoms with Crippen LogP contribution in [0, 0.1) is 5.82 Å². The molecule has 0 unspecified atom stereocenters. The summed E-state index contributed by atoms with van der Waals surface area (Å²) in [5.74, 6) is -1.40. The van der Waals surface area contributed by atoms with Crippen molar-refractivity contribution in [3.05, 3.63) is 65.5 Å². The molecule has 1 saturated heterocycles. The zero-order valence-corrected chi connectivity index (χ0v) is 14.1. The molecule has 2 aromatic rings. The summed E-state index contributed by atoms with van der Waals surface area (Å²) in [4.78, 5) is 37.5. The minimum atomic E-state index is -0.521. The number of methoxy groups -OCH3 is 1. The molecular weight excluding hydrogens is 339 g/mol. The lowest BCUT2D eigenvalue weighted by Gasteiger charge is -2.14. The molecule has 134 valence electrons. The molecule has 1 aliphatic rings. The number of nitrogens with two attached hydrogens (primary N) is 1. The summed E-state index contributed by atoms with van der Waals surface area (Å²) in [6.07, 6.45) is 0.0960. The number of benzene rings is 2. The molecule has 3 rings (SSSR count). The molecule has 0 aliphatic carbocycles. The number of imide groups is 1. The summed E-state index contributed by atoms with van der Waals surface area (Å²) in [6, 6.07) is 11.6. The minimum absolute atomic E-state index is 0.0960. The fourth-order valence-electron chi connectivity index (χ4n) is 2.87. The van der Waals surface area contributed by atoms with Crippen molar-refractivity contribution < 1.29 is 28.8 Å². The predicted octanol–water partition coefficient (Wildman–Crippen LogP) is 1.01. The number of ether oxygens (including phenoxy) is 1. The maximum Gasteiger partial charge on any atom is 0.337 e. The predicted molar refractivity (Wildman–Crippen MR) is 90.7 cm³/mol. The molecule has 0 saturated carbocycles. The summed E-state index contributed by atoms with van der Waals surface area (Å²) in [7, 11) is 1.28. The first-order valence-electron chi connectivity index (χ1n) is 8.12. The van der Waals surface area contributed by atoms with E-state index in [9.17, 15) is 18.8 Å². The molecule has 0 spiro atoms. The van der Waals surface area contributed by atoms with E-state index >= 15 is 0 Å². The van der Waals surface area contributed by atoms with Crippen molar-refractivity contribution in [3.8, 4) is 0 Å². The molecule has 2 N–H and O–H groups in total. The Bertz CT molecular complexity index is 834. The van der Waals surface area contributed by atoms with Crippen LogP contribution in [0.15, 0.2) is 48.5 Å². The van der Waals surface area contributed by atoms with Crippen LogP contribution in [0.5, 0.6) is 0 Å². The average molecular weight is 357 g/mol. The number of anilines is 1. The second-order valence-electron chi connectivity index (χ2n) is 5.98. The van der Waals surface area contributed by atoms with Crippen molar-refractivity contribution in [1.82, 2.24) is 0 Å². The third-order valence-corrected chi connectivity index (χ3v) is 4.28. The largest absolute Gasteiger partial charge is 0.465 e. The van der Waals surface area contributed by atoms with Crippen LogP contribution >= 0.6 is 0 Å². The molecule has 6 nitrogen and oxygen atoms in total. The number of esters is 1. The van der Waals surface area contributed by atoms with Gasteiger partial charge in [-0.3, -0.25) is 9.59 Å². The second kappa shape index (κ2) is 7.45. The standard InChI is InChI=1S/C19H17FN2O4/c1-26-19(25)13-4-8-15(9-5-13)22-17(23)10-16(18(22)24)21-11-12-2-6-14(20)7-3-12/h2-9,16,21H,10-11H2,1H3/p+1/t16-/m0/s1. The quantitative estimate of drug-likeness (QED) is 0.640. The molecule has 0 bridgehead atoms. The monoisotopic (exact) mass is 357 g/mol. The lowest BCUT2D eigenvalue weighted by Crippen LogP contribution is -2.90. The highest BCUT2D eigenvalue weighted by molar-refractivity contribution is 6.21. The topological polar surface area (TPSA) is 80.3 Å². The van der Waals surface area contributed by atoms with Gasteiger partial charge < -0.3 is 10.1 Å². The maximum atomic E-state index is 12.9. The molecule has 7 heteroatoms. The van der Waals surface area contributed by atoms with E-state index in [0.717, 1.165) is 10.5 Å². The number of amides is 2. The number of rotatable bonds is 5. The van der Waals surface area contributed by atoms with Gasteiger partial charge in [-0.05, 0) is 36.4 Å². The Labute approximate surface area is 149 Å². The zero-order valence-electron chi connectivity index (χ0n) is 14.1. The van der Waals surface area contributed by atoms with Crippen molar-refractivity contribution in [1.29, 1.82) is 0 Å². The van der Waals surface area contributed by atoms with Crippen molar-refractivity contribution in [2.75, 3.05) is 12.0 Å². The van der Waals surface area contributed by atoms with E-state index in [4.69, 9.17) is 0 Å². The van der Waals surface area contributed by atoms with Crippen LogP contribution in [-0.2, 0) is 20.9 Å². The molecule has 26 heavy (non-hydrogen) atoms. The van der Waals surface area contributed by atoms with Crippen molar-refractivity contribution in [2.24, 2.45) is 0 Å². The number of nitrogens with zero attached hydrogens (tertiary/aromatic N) is 1. The van der Waals surface area contributed by atoms with Gasteiger partial charge in [0.15, 0.2) is 6.04 Å². The van der Waals surface area contributed by atoms with Gasteiger partial charge >= 0.3 is 5.97 Å². The fourth-order valence-corrected chi connectivity index (χ4v) is 2.87. The summed E-state index contributed by atoms with van der Waals surface area (Å²) in [5, 5.41) is 1.77. The highest BCUT2D eigenvalue weighted by Crippen LogP contribution is 2.22. The van der Waals surface area contributed by atoms with Crippen LogP contribution in [0.3, 0.4) is 0 Å². The second-order valence-corrected chi connectivity index (χ2v) is 5.98. The first-order chi connectivity index (χ1) is 12.5. The van der Waals surface area contributed by atoms with Crippen LogP contribution in [0.4, 0.5) is 10.1 Å². The lowest BCUT2D eigenvalue weighted by atomic mass is 10.2. The van der Waals surface area contributed by atoms with Gasteiger partial charge in [0, 0.05) is 5.56 Å². The van der Waals surface area contributed by atoms with E-state index in [1.54, 1.807) is 29.6 Å². The lowest BCUT2D eigenvalue weighted by molar-refractivity contribution is -0.690. The Balaban J connectivity index is 1.68. The molecule has 1 heterocycles. The third kappa shape index (κ3) is 3.62. The Morgan fingerprint density at radius 3 is 2.42 bits per heavy atom. The molecule has 2 aromatic carbocycles. The van der Waals surface area contributed by atoms with Crippen LogP contribution < -0.4 is 10.2 Å². The van der Waals surface area contributed by atoms with Crippen LogP contribution in [0.2, 0.25) is 0 Å². The SMILES string of the molecule is COC(=O)c1ccc(N2C(=O)C[C@H]([NH2+]Cc3ccc(F)cc3)C2=O)cc1. The van der Waals surface area contributed by atoms with Gasteiger partial charge in [0.05, 0.1) is 24.8 Å². The fraction of sp³-hybridized carbons (Fsp3) is 0.211. The molecular formula is C19H18FN2O4+. The van der Waals surface area contributed by atoms with E-state index in [-0.39, 0.29) is 24.1 Å². The van der Waals surface area contributed by atoms with Crippen molar-refractivity contribution in [3.63, 3.8) is 0 Å². The number of carbonyl (C=O) groups excluding carboxylic acids is 3. The molecule has 1 aliphatic heterocycles. The Kier molecular flexibility index (Phi) is 5.09. The van der Waals surface area contributed by atoms with E-state index < -0.39 is 12.0 Å². The zero-order chi connectivity index (χ0) is 18.7. The van der Waals surface area contributed by atoms with Gasteiger partial charge in [0.2, 0.25) is 5.91 Å². The Hall–Kier alpha value is -3.06. The maximum absolute atomic E-state index is 12.9. The number of hydrogen-bond donors (Lipinski definition) is 1. The normalized spacial score (nSPS) is 16.8. The van der Waals surface area contributed by atoms with E-state index in [0.29, 0.717) is 17.8 Å². The summed E-state index contributed by atoms with van der Waals surface area (Å²) < 4.78 is 17.6. The number of halogens is 1. The number of carbonyl (C=O) groups is 3. The molecule has 1 fully saturated rings. The summed E-state index contributed by atoms with van der Waals surface area (Å²) in [6.45, 7) is 0.471. The number of hydrogen-bond acceptors (Lipinski definition) is 4. The van der Waals surface area contributed by atoms with E-state index in [1.165, 1.54) is 31.4 Å². The summed E-state index contributed by atoms with van der Waals surface area (Å²) >= 11 is 0. The van der Waals surface area contributed by atoms with Gasteiger partial charge in [0.25, 0.3) is 5.91 Å². The van der Waals surface area contributed by atoms with Crippen LogP contribution in [0.1, 0.15) is 22.3 Å². The molecule has 1 atom stereocenters. The molecule has 2 amide bonds. The third-order valence-electron chi connectivity index (χ3n) is 4.28. The van der Waals surface area contributed by atoms with Gasteiger partial charge in [-0.15, -0.1) is 0 Å². The van der Waals surface area contributed by atoms with Gasteiger partial charge in [-0.1, -0.05) is 12.1 Å². The van der Waals surface area contributed by atoms with Crippen LogP contribution in [0.25, 0.3) is 0 Å². The highest BCUT2D eigenvalue weighted by Gasteiger charge is 2.42. The molecule has 0 radical (unpaired) electrons. The van der Waals surface area contributed by atoms with E-state index in [2.05, 4.69) is 4.74 Å². The Morgan fingerprint density at radius 2 is 1.81 bits per heavy atom. The first-order valence-corrected chi connectivity index (χ1v) is 8.12. The smallest absolute Gasteiger partial charge is 0.337 e. The Morgan fingerprint density at radius 1 is 1.15 bits per heavy atom. The number of quaternary nitrogens is 1. The average Bonchev–Trinajstić information content (AvgIpc) is 2.94. The van der Waals surface area contributed by atoms with E-state index in [1.807, 2.05) is 0 Å². The molecule has 0 aromatic heterocycles. The first kappa shape index (κ1) is 17.8. The van der Waals surface area contributed by atoms with Crippen LogP contribution in [-0.4, -0.2) is 30.9 Å². The van der Waals surface area contributed by atoms with Gasteiger partial charge in [-0.25, -0.2) is 14.1 Å². The minimum Gasteiger partial charge on any atom is -0.465 e.